The van der Waals surface area contributed by atoms with Crippen LogP contribution in [0.2, 0.25) is 10.0 Å². The van der Waals surface area contributed by atoms with E-state index in [2.05, 4.69) is 26.0 Å². The van der Waals surface area contributed by atoms with Crippen molar-refractivity contribution in [2.45, 2.75) is 0 Å². The molecule has 23 heavy (non-hydrogen) atoms. The Balaban J connectivity index is 2.19. The maximum atomic E-state index is 12.2. The van der Waals surface area contributed by atoms with Crippen LogP contribution in [-0.4, -0.2) is 20.6 Å². The molecule has 2 aromatic rings. The molecule has 0 saturated heterocycles. The van der Waals surface area contributed by atoms with Gasteiger partial charge in [-0.1, -0.05) is 23.2 Å². The summed E-state index contributed by atoms with van der Waals surface area (Å²) in [5.41, 5.74) is 1.02. The van der Waals surface area contributed by atoms with E-state index in [4.69, 9.17) is 23.2 Å². The lowest BCUT2D eigenvalue weighted by molar-refractivity contribution is 0.102. The second kappa shape index (κ2) is 7.09. The van der Waals surface area contributed by atoms with E-state index in [1.165, 1.54) is 18.2 Å². The summed E-state index contributed by atoms with van der Waals surface area (Å²) < 4.78 is 25.4. The van der Waals surface area contributed by atoms with Gasteiger partial charge in [-0.2, -0.15) is 0 Å². The fraction of sp³-hybridized carbons (Fsp3) is 0.0714. The van der Waals surface area contributed by atoms with Crippen LogP contribution in [0.5, 0.6) is 0 Å². The van der Waals surface area contributed by atoms with E-state index in [0.717, 1.165) is 10.7 Å². The van der Waals surface area contributed by atoms with Gasteiger partial charge >= 0.3 is 0 Å². The first-order chi connectivity index (χ1) is 10.7. The summed E-state index contributed by atoms with van der Waals surface area (Å²) in [4.78, 5) is 12.2. The topological polar surface area (TPSA) is 75.3 Å². The molecule has 2 N–H and O–H groups in total. The molecule has 0 aliphatic rings. The molecule has 0 spiro atoms. The number of benzene rings is 2. The monoisotopic (exact) mass is 436 g/mol. The van der Waals surface area contributed by atoms with Gasteiger partial charge in [-0.25, -0.2) is 8.42 Å². The van der Waals surface area contributed by atoms with Crippen molar-refractivity contribution in [1.29, 1.82) is 0 Å². The molecule has 2 rings (SSSR count). The Morgan fingerprint density at radius 3 is 2.35 bits per heavy atom. The summed E-state index contributed by atoms with van der Waals surface area (Å²) in [6, 6.07) is 9.27. The Labute approximate surface area is 152 Å². The highest BCUT2D eigenvalue weighted by atomic mass is 79.9. The molecule has 0 saturated carbocycles. The second-order valence-electron chi connectivity index (χ2n) is 4.65. The van der Waals surface area contributed by atoms with Gasteiger partial charge in [-0.3, -0.25) is 9.52 Å². The van der Waals surface area contributed by atoms with Crippen LogP contribution < -0.4 is 10.0 Å². The number of carbonyl (C=O) groups excluding carboxylic acids is 1. The standard InChI is InChI=1S/C14H11BrCl2N2O3S/c1-23(21,22)19-13-5-2-8(6-12(13)17)14(20)18-9-3-4-10(15)11(16)7-9/h2-7,19H,1H3,(H,18,20). The van der Waals surface area contributed by atoms with E-state index in [1.807, 2.05) is 0 Å². The van der Waals surface area contributed by atoms with E-state index in [9.17, 15) is 13.2 Å². The highest BCUT2D eigenvalue weighted by Crippen LogP contribution is 2.27. The second-order valence-corrected chi connectivity index (χ2v) is 8.07. The van der Waals surface area contributed by atoms with Gasteiger partial charge in [0, 0.05) is 15.7 Å². The maximum Gasteiger partial charge on any atom is 0.255 e. The highest BCUT2D eigenvalue weighted by Gasteiger charge is 2.12. The first-order valence-corrected chi connectivity index (χ1v) is 9.63. The predicted molar refractivity (Wildman–Crippen MR) is 97.0 cm³/mol. The minimum absolute atomic E-state index is 0.122. The Bertz CT molecular complexity index is 872. The van der Waals surface area contributed by atoms with Crippen molar-refractivity contribution < 1.29 is 13.2 Å². The number of amides is 1. The molecular formula is C14H11BrCl2N2O3S. The van der Waals surface area contributed by atoms with Crippen molar-refractivity contribution >= 4 is 66.4 Å². The summed E-state index contributed by atoms with van der Waals surface area (Å²) in [7, 11) is -3.44. The molecule has 5 nitrogen and oxygen atoms in total. The Hall–Kier alpha value is -1.28. The molecule has 0 heterocycles. The number of halogens is 3. The number of rotatable bonds is 4. The SMILES string of the molecule is CS(=O)(=O)Nc1ccc(C(=O)Nc2ccc(Br)c(Cl)c2)cc1Cl. The molecule has 122 valence electrons. The summed E-state index contributed by atoms with van der Waals surface area (Å²) in [5.74, 6) is -0.392. The smallest absolute Gasteiger partial charge is 0.255 e. The first-order valence-electron chi connectivity index (χ1n) is 6.19. The van der Waals surface area contributed by atoms with Crippen LogP contribution >= 0.6 is 39.1 Å². The van der Waals surface area contributed by atoms with E-state index in [1.54, 1.807) is 18.2 Å². The number of hydrogen-bond donors (Lipinski definition) is 2. The van der Waals surface area contributed by atoms with E-state index in [-0.39, 0.29) is 16.3 Å². The first kappa shape index (κ1) is 18.1. The average Bonchev–Trinajstić information content (AvgIpc) is 2.43. The minimum Gasteiger partial charge on any atom is -0.322 e. The van der Waals surface area contributed by atoms with Crippen molar-refractivity contribution in [2.75, 3.05) is 16.3 Å². The van der Waals surface area contributed by atoms with Gasteiger partial charge in [0.25, 0.3) is 5.91 Å². The lowest BCUT2D eigenvalue weighted by Crippen LogP contribution is -2.13. The zero-order valence-corrected chi connectivity index (χ0v) is 15.6. The Morgan fingerprint density at radius 1 is 1.09 bits per heavy atom. The Kier molecular flexibility index (Phi) is 5.57. The predicted octanol–water partition coefficient (Wildman–Crippen LogP) is 4.38. The number of carbonyl (C=O) groups is 1. The van der Waals surface area contributed by atoms with Crippen molar-refractivity contribution in [3.8, 4) is 0 Å². The van der Waals surface area contributed by atoms with E-state index >= 15 is 0 Å². The van der Waals surface area contributed by atoms with Crippen LogP contribution in [0.15, 0.2) is 40.9 Å². The molecule has 9 heteroatoms. The van der Waals surface area contributed by atoms with E-state index in [0.29, 0.717) is 10.7 Å². The summed E-state index contributed by atoms with van der Waals surface area (Å²) in [6.07, 6.45) is 1.02. The molecule has 0 fully saturated rings. The molecular weight excluding hydrogens is 427 g/mol. The van der Waals surface area contributed by atoms with Crippen LogP contribution in [0.4, 0.5) is 11.4 Å². The van der Waals surface area contributed by atoms with Crippen molar-refractivity contribution in [2.24, 2.45) is 0 Å². The fourth-order valence-electron chi connectivity index (χ4n) is 1.72. The van der Waals surface area contributed by atoms with Gasteiger partial charge in [0.05, 0.1) is 22.0 Å². The normalized spacial score (nSPS) is 11.1. The van der Waals surface area contributed by atoms with Gasteiger partial charge < -0.3 is 5.32 Å². The molecule has 0 aliphatic heterocycles. The number of hydrogen-bond acceptors (Lipinski definition) is 3. The lowest BCUT2D eigenvalue weighted by Gasteiger charge is -2.09. The largest absolute Gasteiger partial charge is 0.322 e. The van der Waals surface area contributed by atoms with E-state index < -0.39 is 15.9 Å². The molecule has 0 atom stereocenters. The highest BCUT2D eigenvalue weighted by molar-refractivity contribution is 9.10. The third kappa shape index (κ3) is 5.10. The van der Waals surface area contributed by atoms with Crippen LogP contribution in [0.1, 0.15) is 10.4 Å². The summed E-state index contributed by atoms with van der Waals surface area (Å²) in [5, 5.41) is 3.27. The van der Waals surface area contributed by atoms with Crippen LogP contribution in [0, 0.1) is 0 Å². The quantitative estimate of drug-likeness (QED) is 0.745. The molecule has 2 aromatic carbocycles. The molecule has 0 aromatic heterocycles. The average molecular weight is 438 g/mol. The van der Waals surface area contributed by atoms with Gasteiger partial charge in [-0.15, -0.1) is 0 Å². The van der Waals surface area contributed by atoms with Crippen molar-refractivity contribution in [3.63, 3.8) is 0 Å². The minimum atomic E-state index is -3.44. The zero-order chi connectivity index (χ0) is 17.2. The number of anilines is 2. The zero-order valence-electron chi connectivity index (χ0n) is 11.7. The summed E-state index contributed by atoms with van der Waals surface area (Å²) in [6.45, 7) is 0. The maximum absolute atomic E-state index is 12.2. The van der Waals surface area contributed by atoms with Gasteiger partial charge in [0.1, 0.15) is 0 Å². The van der Waals surface area contributed by atoms with Gasteiger partial charge in [0.2, 0.25) is 10.0 Å². The number of nitrogens with one attached hydrogen (secondary N) is 2. The van der Waals surface area contributed by atoms with Gasteiger partial charge in [0.15, 0.2) is 0 Å². The third-order valence-corrected chi connectivity index (χ3v) is 4.84. The molecule has 1 amide bonds. The fourth-order valence-corrected chi connectivity index (χ4v) is 3.00. The third-order valence-electron chi connectivity index (χ3n) is 2.70. The molecule has 0 radical (unpaired) electrons. The van der Waals surface area contributed by atoms with Gasteiger partial charge in [-0.05, 0) is 52.3 Å². The molecule has 0 unspecified atom stereocenters. The van der Waals surface area contributed by atoms with Crippen LogP contribution in [-0.2, 0) is 10.0 Å². The molecule has 0 aliphatic carbocycles. The lowest BCUT2D eigenvalue weighted by atomic mass is 10.2. The van der Waals surface area contributed by atoms with Crippen molar-refractivity contribution in [3.05, 3.63) is 56.5 Å². The Morgan fingerprint density at radius 2 is 1.78 bits per heavy atom. The van der Waals surface area contributed by atoms with Crippen LogP contribution in [0.3, 0.4) is 0 Å². The summed E-state index contributed by atoms with van der Waals surface area (Å²) >= 11 is 15.2. The van der Waals surface area contributed by atoms with Crippen molar-refractivity contribution in [1.82, 2.24) is 0 Å². The molecule has 0 bridgehead atoms. The number of sulfonamides is 1. The van der Waals surface area contributed by atoms with Crippen LogP contribution in [0.25, 0.3) is 0 Å².